The Kier molecular flexibility index (Phi) is 4.70. The minimum absolute atomic E-state index is 0.0696. The SMILES string of the molecule is CCOc1ccc(CC(=O)N2C[C@@H]3[C@H](CN(C)C)[C@H]4CC[C@]3(C2)O4)cc1. The molecule has 3 heterocycles. The highest BCUT2D eigenvalue weighted by Gasteiger charge is 2.63. The van der Waals surface area contributed by atoms with Gasteiger partial charge in [-0.2, -0.15) is 0 Å². The van der Waals surface area contributed by atoms with E-state index in [4.69, 9.17) is 9.47 Å². The quantitative estimate of drug-likeness (QED) is 0.782. The molecule has 0 radical (unpaired) electrons. The number of ether oxygens (including phenoxy) is 2. The summed E-state index contributed by atoms with van der Waals surface area (Å²) in [6.45, 7) is 5.31. The van der Waals surface area contributed by atoms with E-state index < -0.39 is 0 Å². The lowest BCUT2D eigenvalue weighted by Gasteiger charge is -2.30. The van der Waals surface area contributed by atoms with Gasteiger partial charge in [-0.15, -0.1) is 0 Å². The summed E-state index contributed by atoms with van der Waals surface area (Å²) in [6, 6.07) is 7.88. The first-order chi connectivity index (χ1) is 12.5. The van der Waals surface area contributed by atoms with Crippen molar-refractivity contribution < 1.29 is 14.3 Å². The predicted molar refractivity (Wildman–Crippen MR) is 100 cm³/mol. The second-order valence-corrected chi connectivity index (χ2v) is 8.32. The summed E-state index contributed by atoms with van der Waals surface area (Å²) in [5.41, 5.74) is 0.975. The molecule has 1 spiro atoms. The van der Waals surface area contributed by atoms with Crippen LogP contribution in [-0.2, 0) is 16.0 Å². The van der Waals surface area contributed by atoms with Crippen LogP contribution in [0.3, 0.4) is 0 Å². The van der Waals surface area contributed by atoms with Gasteiger partial charge in [0.25, 0.3) is 0 Å². The van der Waals surface area contributed by atoms with Crippen molar-refractivity contribution in [1.82, 2.24) is 9.80 Å². The topological polar surface area (TPSA) is 42.0 Å². The highest BCUT2D eigenvalue weighted by molar-refractivity contribution is 5.79. The van der Waals surface area contributed by atoms with E-state index in [0.29, 0.717) is 31.0 Å². The van der Waals surface area contributed by atoms with Gasteiger partial charge in [0, 0.05) is 24.9 Å². The average molecular weight is 358 g/mol. The van der Waals surface area contributed by atoms with Crippen LogP contribution < -0.4 is 4.74 Å². The molecular formula is C21H30N2O3. The molecule has 0 aromatic heterocycles. The van der Waals surface area contributed by atoms with Gasteiger partial charge in [-0.1, -0.05) is 12.1 Å². The Morgan fingerprint density at radius 1 is 1.35 bits per heavy atom. The van der Waals surface area contributed by atoms with Crippen LogP contribution in [0.15, 0.2) is 24.3 Å². The van der Waals surface area contributed by atoms with Gasteiger partial charge in [-0.3, -0.25) is 4.79 Å². The number of hydrogen-bond donors (Lipinski definition) is 0. The van der Waals surface area contributed by atoms with Gasteiger partial charge in [0.05, 0.1) is 31.3 Å². The number of likely N-dealkylation sites (tertiary alicyclic amines) is 1. The summed E-state index contributed by atoms with van der Waals surface area (Å²) < 4.78 is 11.9. The molecule has 4 rings (SSSR count). The fourth-order valence-electron chi connectivity index (χ4n) is 5.20. The number of fused-ring (bicyclic) bond motifs is 1. The van der Waals surface area contributed by atoms with E-state index in [0.717, 1.165) is 43.8 Å². The summed E-state index contributed by atoms with van der Waals surface area (Å²) >= 11 is 0. The number of benzene rings is 1. The van der Waals surface area contributed by atoms with Gasteiger partial charge in [0.2, 0.25) is 5.91 Å². The fourth-order valence-corrected chi connectivity index (χ4v) is 5.20. The molecule has 26 heavy (non-hydrogen) atoms. The number of nitrogens with zero attached hydrogens (tertiary/aromatic N) is 2. The molecule has 5 nitrogen and oxygen atoms in total. The maximum atomic E-state index is 12.9. The molecule has 4 atom stereocenters. The van der Waals surface area contributed by atoms with Gasteiger partial charge in [0.15, 0.2) is 0 Å². The highest BCUT2D eigenvalue weighted by Crippen LogP contribution is 2.54. The van der Waals surface area contributed by atoms with Gasteiger partial charge in [0.1, 0.15) is 5.75 Å². The summed E-state index contributed by atoms with van der Waals surface area (Å²) in [6.07, 6.45) is 3.11. The van der Waals surface area contributed by atoms with E-state index in [1.807, 2.05) is 36.1 Å². The molecule has 0 N–H and O–H groups in total. The van der Waals surface area contributed by atoms with Gasteiger partial charge >= 0.3 is 0 Å². The lowest BCUT2D eigenvalue weighted by Crippen LogP contribution is -2.40. The summed E-state index contributed by atoms with van der Waals surface area (Å²) in [5.74, 6) is 2.12. The summed E-state index contributed by atoms with van der Waals surface area (Å²) in [7, 11) is 4.25. The van der Waals surface area contributed by atoms with Crippen LogP contribution in [0, 0.1) is 11.8 Å². The van der Waals surface area contributed by atoms with Crippen LogP contribution >= 0.6 is 0 Å². The van der Waals surface area contributed by atoms with E-state index in [9.17, 15) is 4.79 Å². The maximum absolute atomic E-state index is 12.9. The van der Waals surface area contributed by atoms with Gasteiger partial charge < -0.3 is 19.3 Å². The minimum Gasteiger partial charge on any atom is -0.494 e. The van der Waals surface area contributed by atoms with E-state index in [-0.39, 0.29) is 11.5 Å². The van der Waals surface area contributed by atoms with E-state index in [1.54, 1.807) is 0 Å². The van der Waals surface area contributed by atoms with Crippen LogP contribution in [-0.4, -0.2) is 67.7 Å². The number of carbonyl (C=O) groups is 1. The molecule has 3 aliphatic rings. The average Bonchev–Trinajstić information content (AvgIpc) is 3.26. The Morgan fingerprint density at radius 3 is 2.81 bits per heavy atom. The van der Waals surface area contributed by atoms with Crippen LogP contribution in [0.4, 0.5) is 0 Å². The molecule has 0 aliphatic carbocycles. The second-order valence-electron chi connectivity index (χ2n) is 8.32. The first kappa shape index (κ1) is 17.8. The third kappa shape index (κ3) is 3.12. The molecule has 5 heteroatoms. The molecule has 1 aromatic carbocycles. The van der Waals surface area contributed by atoms with Gasteiger partial charge in [-0.05, 0) is 51.6 Å². The first-order valence-corrected chi connectivity index (χ1v) is 9.83. The zero-order chi connectivity index (χ0) is 18.3. The van der Waals surface area contributed by atoms with Crippen molar-refractivity contribution in [2.45, 2.75) is 37.9 Å². The minimum atomic E-state index is -0.0696. The Hall–Kier alpha value is -1.59. The van der Waals surface area contributed by atoms with Crippen molar-refractivity contribution in [2.75, 3.05) is 40.3 Å². The van der Waals surface area contributed by atoms with Crippen molar-refractivity contribution in [3.8, 4) is 5.75 Å². The predicted octanol–water partition coefficient (Wildman–Crippen LogP) is 2.20. The van der Waals surface area contributed by atoms with E-state index in [2.05, 4.69) is 19.0 Å². The van der Waals surface area contributed by atoms with E-state index in [1.165, 1.54) is 0 Å². The molecule has 0 saturated carbocycles. The third-order valence-electron chi connectivity index (χ3n) is 6.30. The molecule has 2 bridgehead atoms. The molecule has 1 aromatic rings. The Bertz CT molecular complexity index is 660. The van der Waals surface area contributed by atoms with Crippen molar-refractivity contribution in [3.05, 3.63) is 29.8 Å². The number of hydrogen-bond acceptors (Lipinski definition) is 4. The second kappa shape index (κ2) is 6.86. The number of amides is 1. The molecule has 3 fully saturated rings. The normalized spacial score (nSPS) is 32.3. The lowest BCUT2D eigenvalue weighted by atomic mass is 9.73. The van der Waals surface area contributed by atoms with Crippen LogP contribution in [0.2, 0.25) is 0 Å². The number of carbonyl (C=O) groups excluding carboxylic acids is 1. The highest BCUT2D eigenvalue weighted by atomic mass is 16.5. The Balaban J connectivity index is 1.41. The third-order valence-corrected chi connectivity index (χ3v) is 6.30. The van der Waals surface area contributed by atoms with E-state index >= 15 is 0 Å². The van der Waals surface area contributed by atoms with Crippen molar-refractivity contribution >= 4 is 5.91 Å². The van der Waals surface area contributed by atoms with Crippen molar-refractivity contribution in [3.63, 3.8) is 0 Å². The molecule has 3 aliphatic heterocycles. The lowest BCUT2D eigenvalue weighted by molar-refractivity contribution is -0.131. The molecule has 142 valence electrons. The largest absolute Gasteiger partial charge is 0.494 e. The first-order valence-electron chi connectivity index (χ1n) is 9.83. The summed E-state index contributed by atoms with van der Waals surface area (Å²) in [4.78, 5) is 17.2. The Labute approximate surface area is 156 Å². The zero-order valence-electron chi connectivity index (χ0n) is 16.1. The summed E-state index contributed by atoms with van der Waals surface area (Å²) in [5, 5.41) is 0. The van der Waals surface area contributed by atoms with Crippen LogP contribution in [0.25, 0.3) is 0 Å². The van der Waals surface area contributed by atoms with Gasteiger partial charge in [-0.25, -0.2) is 0 Å². The maximum Gasteiger partial charge on any atom is 0.227 e. The van der Waals surface area contributed by atoms with Crippen LogP contribution in [0.1, 0.15) is 25.3 Å². The molecule has 3 saturated heterocycles. The van der Waals surface area contributed by atoms with Crippen molar-refractivity contribution in [1.29, 1.82) is 0 Å². The molecule has 1 amide bonds. The Morgan fingerprint density at radius 2 is 2.12 bits per heavy atom. The zero-order valence-corrected chi connectivity index (χ0v) is 16.1. The van der Waals surface area contributed by atoms with Crippen molar-refractivity contribution in [2.24, 2.45) is 11.8 Å². The molecular weight excluding hydrogens is 328 g/mol. The standard InChI is InChI=1S/C21H30N2O3/c1-4-25-16-7-5-15(6-8-16)11-20(24)23-13-18-17(12-22(2)3)19-9-10-21(18,14-23)26-19/h5-8,17-19H,4,9-14H2,1-3H3/t17-,18+,19+,21+/m0/s1. The fraction of sp³-hybridized carbons (Fsp3) is 0.667. The molecule has 0 unspecified atom stereocenters. The monoisotopic (exact) mass is 358 g/mol. The number of rotatable bonds is 6. The smallest absolute Gasteiger partial charge is 0.227 e. The van der Waals surface area contributed by atoms with Crippen LogP contribution in [0.5, 0.6) is 5.75 Å².